The molecule has 2 aromatic carbocycles. The van der Waals surface area contributed by atoms with Gasteiger partial charge in [-0.25, -0.2) is 4.39 Å². The van der Waals surface area contributed by atoms with Crippen LogP contribution in [-0.2, 0) is 6.54 Å². The maximum absolute atomic E-state index is 13.5. The Labute approximate surface area is 135 Å². The van der Waals surface area contributed by atoms with Crippen molar-refractivity contribution in [3.05, 3.63) is 80.9 Å². The lowest BCUT2D eigenvalue weighted by atomic mass is 10.2. The van der Waals surface area contributed by atoms with Crippen LogP contribution >= 0.6 is 11.6 Å². The maximum Gasteiger partial charge on any atom is 0.287 e. The molecule has 116 valence electrons. The largest absolute Gasteiger partial charge is 0.451 e. The van der Waals surface area contributed by atoms with Gasteiger partial charge in [0.1, 0.15) is 11.4 Å². The Kier molecular flexibility index (Phi) is 4.12. The van der Waals surface area contributed by atoms with Crippen molar-refractivity contribution >= 4 is 28.5 Å². The van der Waals surface area contributed by atoms with Crippen molar-refractivity contribution in [3.8, 4) is 0 Å². The first-order valence-electron chi connectivity index (χ1n) is 6.79. The molecule has 0 saturated carbocycles. The molecule has 0 bridgehead atoms. The van der Waals surface area contributed by atoms with Crippen LogP contribution in [0.4, 0.5) is 4.39 Å². The van der Waals surface area contributed by atoms with Crippen LogP contribution in [0.1, 0.15) is 16.1 Å². The molecule has 6 heteroatoms. The topological polar surface area (TPSA) is 59.3 Å². The minimum Gasteiger partial charge on any atom is -0.451 e. The van der Waals surface area contributed by atoms with Crippen LogP contribution in [0, 0.1) is 5.82 Å². The van der Waals surface area contributed by atoms with Crippen LogP contribution in [0.5, 0.6) is 0 Å². The first kappa shape index (κ1) is 15.2. The number of fused-ring (bicyclic) bond motifs is 1. The molecular formula is C17H11ClFNO3. The molecule has 1 N–H and O–H groups in total. The third kappa shape index (κ3) is 3.24. The zero-order valence-electron chi connectivity index (χ0n) is 11.8. The highest BCUT2D eigenvalue weighted by atomic mass is 35.5. The minimum absolute atomic E-state index is 0.00608. The van der Waals surface area contributed by atoms with Gasteiger partial charge in [-0.2, -0.15) is 0 Å². The average molecular weight is 332 g/mol. The molecule has 1 aromatic heterocycles. The first-order chi connectivity index (χ1) is 11.0. The second kappa shape index (κ2) is 6.22. The third-order valence-corrected chi connectivity index (χ3v) is 3.55. The number of carbonyl (C=O) groups is 1. The van der Waals surface area contributed by atoms with Crippen molar-refractivity contribution in [2.75, 3.05) is 0 Å². The fourth-order valence-corrected chi connectivity index (χ4v) is 2.32. The van der Waals surface area contributed by atoms with E-state index in [2.05, 4.69) is 5.32 Å². The van der Waals surface area contributed by atoms with Crippen molar-refractivity contribution in [3.63, 3.8) is 0 Å². The summed E-state index contributed by atoms with van der Waals surface area (Å²) < 4.78 is 18.9. The SMILES string of the molecule is O=C(NCc1ccccc1F)c1cc(=O)c2cc(Cl)ccc2o1. The van der Waals surface area contributed by atoms with Crippen LogP contribution in [0.2, 0.25) is 5.02 Å². The molecule has 3 rings (SSSR count). The van der Waals surface area contributed by atoms with Crippen LogP contribution in [0.15, 0.2) is 57.7 Å². The van der Waals surface area contributed by atoms with E-state index in [0.717, 1.165) is 6.07 Å². The van der Waals surface area contributed by atoms with E-state index in [1.54, 1.807) is 24.3 Å². The predicted molar refractivity (Wildman–Crippen MR) is 85.1 cm³/mol. The van der Waals surface area contributed by atoms with Crippen molar-refractivity contribution in [2.45, 2.75) is 6.54 Å². The molecule has 3 aromatic rings. The molecular weight excluding hydrogens is 321 g/mol. The Balaban J connectivity index is 1.85. The van der Waals surface area contributed by atoms with E-state index in [1.165, 1.54) is 18.2 Å². The van der Waals surface area contributed by atoms with Crippen LogP contribution in [-0.4, -0.2) is 5.91 Å². The second-order valence-electron chi connectivity index (χ2n) is 4.89. The number of nitrogens with one attached hydrogen (secondary N) is 1. The van der Waals surface area contributed by atoms with E-state index >= 15 is 0 Å². The van der Waals surface area contributed by atoms with Crippen molar-refractivity contribution in [1.29, 1.82) is 0 Å². The summed E-state index contributed by atoms with van der Waals surface area (Å²) in [6, 6.07) is 11.8. The monoisotopic (exact) mass is 331 g/mol. The molecule has 0 unspecified atom stereocenters. The molecule has 0 spiro atoms. The normalized spacial score (nSPS) is 10.7. The fraction of sp³-hybridized carbons (Fsp3) is 0.0588. The summed E-state index contributed by atoms with van der Waals surface area (Å²) >= 11 is 5.83. The lowest BCUT2D eigenvalue weighted by molar-refractivity contribution is 0.0923. The molecule has 0 aliphatic heterocycles. The van der Waals surface area contributed by atoms with Crippen molar-refractivity contribution in [2.24, 2.45) is 0 Å². The summed E-state index contributed by atoms with van der Waals surface area (Å²) in [6.45, 7) is -0.00608. The number of halogens is 2. The summed E-state index contributed by atoms with van der Waals surface area (Å²) in [4.78, 5) is 24.1. The third-order valence-electron chi connectivity index (χ3n) is 3.31. The van der Waals surface area contributed by atoms with Gasteiger partial charge in [-0.15, -0.1) is 0 Å². The summed E-state index contributed by atoms with van der Waals surface area (Å²) in [5.41, 5.74) is 0.235. The van der Waals surface area contributed by atoms with Gasteiger partial charge in [0, 0.05) is 23.2 Å². The van der Waals surface area contributed by atoms with Gasteiger partial charge in [0.15, 0.2) is 11.2 Å². The van der Waals surface area contributed by atoms with Crippen LogP contribution in [0.25, 0.3) is 11.0 Å². The number of carbonyl (C=O) groups excluding carboxylic acids is 1. The highest BCUT2D eigenvalue weighted by Crippen LogP contribution is 2.17. The summed E-state index contributed by atoms with van der Waals surface area (Å²) in [5, 5.41) is 3.22. The number of hydrogen-bond donors (Lipinski definition) is 1. The van der Waals surface area contributed by atoms with Gasteiger partial charge < -0.3 is 9.73 Å². The number of amides is 1. The minimum atomic E-state index is -0.595. The maximum atomic E-state index is 13.5. The zero-order chi connectivity index (χ0) is 16.4. The predicted octanol–water partition coefficient (Wildman–Crippen LogP) is 3.52. The van der Waals surface area contributed by atoms with Gasteiger partial charge in [0.2, 0.25) is 0 Å². The average Bonchev–Trinajstić information content (AvgIpc) is 2.54. The smallest absolute Gasteiger partial charge is 0.287 e. The Morgan fingerprint density at radius 3 is 2.74 bits per heavy atom. The molecule has 1 heterocycles. The van der Waals surface area contributed by atoms with E-state index in [-0.39, 0.29) is 23.3 Å². The van der Waals surface area contributed by atoms with Crippen molar-refractivity contribution < 1.29 is 13.6 Å². The number of hydrogen-bond acceptors (Lipinski definition) is 3. The highest BCUT2D eigenvalue weighted by molar-refractivity contribution is 6.31. The Bertz CT molecular complexity index is 952. The summed E-state index contributed by atoms with van der Waals surface area (Å²) in [5.74, 6) is -1.15. The zero-order valence-corrected chi connectivity index (χ0v) is 12.6. The molecule has 1 amide bonds. The number of rotatable bonds is 3. The van der Waals surface area contributed by atoms with E-state index in [0.29, 0.717) is 16.0 Å². The summed E-state index contributed by atoms with van der Waals surface area (Å²) in [6.07, 6.45) is 0. The van der Waals surface area contributed by atoms with E-state index < -0.39 is 11.7 Å². The van der Waals surface area contributed by atoms with Gasteiger partial charge in [0.05, 0.1) is 5.39 Å². The lowest BCUT2D eigenvalue weighted by Crippen LogP contribution is -2.24. The quantitative estimate of drug-likeness (QED) is 0.799. The van der Waals surface area contributed by atoms with E-state index in [9.17, 15) is 14.0 Å². The molecule has 0 aliphatic carbocycles. The van der Waals surface area contributed by atoms with Gasteiger partial charge in [-0.05, 0) is 24.3 Å². The Morgan fingerprint density at radius 1 is 1.17 bits per heavy atom. The second-order valence-corrected chi connectivity index (χ2v) is 5.33. The van der Waals surface area contributed by atoms with Gasteiger partial charge in [-0.1, -0.05) is 29.8 Å². The molecule has 0 aliphatic rings. The number of benzene rings is 2. The van der Waals surface area contributed by atoms with Gasteiger partial charge in [-0.3, -0.25) is 9.59 Å². The van der Waals surface area contributed by atoms with E-state index in [4.69, 9.17) is 16.0 Å². The first-order valence-corrected chi connectivity index (χ1v) is 7.17. The molecule has 0 fully saturated rings. The molecule has 23 heavy (non-hydrogen) atoms. The van der Waals surface area contributed by atoms with Gasteiger partial charge >= 0.3 is 0 Å². The van der Waals surface area contributed by atoms with Crippen LogP contribution < -0.4 is 10.7 Å². The Morgan fingerprint density at radius 2 is 1.96 bits per heavy atom. The standard InChI is InChI=1S/C17H11ClFNO3/c18-11-5-6-15-12(7-11)14(21)8-16(23-15)17(22)20-9-10-3-1-2-4-13(10)19/h1-8H,9H2,(H,20,22). The fourth-order valence-electron chi connectivity index (χ4n) is 2.14. The summed E-state index contributed by atoms with van der Waals surface area (Å²) in [7, 11) is 0. The molecule has 4 nitrogen and oxygen atoms in total. The highest BCUT2D eigenvalue weighted by Gasteiger charge is 2.13. The lowest BCUT2D eigenvalue weighted by Gasteiger charge is -2.06. The Hall–Kier alpha value is -2.66. The van der Waals surface area contributed by atoms with Gasteiger partial charge in [0.25, 0.3) is 5.91 Å². The molecule has 0 atom stereocenters. The van der Waals surface area contributed by atoms with Crippen molar-refractivity contribution in [1.82, 2.24) is 5.32 Å². The van der Waals surface area contributed by atoms with Crippen LogP contribution in [0.3, 0.4) is 0 Å². The van der Waals surface area contributed by atoms with E-state index in [1.807, 2.05) is 0 Å². The molecule has 0 radical (unpaired) electrons. The molecule has 0 saturated heterocycles.